The van der Waals surface area contributed by atoms with Gasteiger partial charge in [-0.25, -0.2) is 12.8 Å². The molecule has 2 aromatic carbocycles. The molecule has 0 aliphatic carbocycles. The molecule has 0 saturated heterocycles. The summed E-state index contributed by atoms with van der Waals surface area (Å²) in [6.07, 6.45) is 0.567. The van der Waals surface area contributed by atoms with Crippen molar-refractivity contribution in [1.29, 1.82) is 0 Å². The number of para-hydroxylation sites is 1. The summed E-state index contributed by atoms with van der Waals surface area (Å²) >= 11 is 3.12. The Morgan fingerprint density at radius 3 is 2.71 bits per heavy atom. The van der Waals surface area contributed by atoms with Crippen molar-refractivity contribution in [3.63, 3.8) is 0 Å². The molecule has 2 aromatic rings. The first-order valence-electron chi connectivity index (χ1n) is 6.26. The molecule has 0 unspecified atom stereocenters. The lowest BCUT2D eigenvalue weighted by Crippen LogP contribution is -2.30. The maximum Gasteiger partial charge on any atom is 0.267 e. The molecule has 1 heterocycles. The van der Waals surface area contributed by atoms with E-state index in [1.807, 2.05) is 6.07 Å². The van der Waals surface area contributed by atoms with Gasteiger partial charge in [-0.1, -0.05) is 28.1 Å². The molecule has 110 valence electrons. The van der Waals surface area contributed by atoms with Gasteiger partial charge in [0.05, 0.1) is 11.4 Å². The van der Waals surface area contributed by atoms with Crippen LogP contribution in [0.25, 0.3) is 0 Å². The molecule has 0 saturated carbocycles. The fraction of sp³-hybridized carbons (Fsp3) is 0.143. The van der Waals surface area contributed by atoms with Gasteiger partial charge in [-0.05, 0) is 36.2 Å². The predicted octanol–water partition coefficient (Wildman–Crippen LogP) is 2.92. The highest BCUT2D eigenvalue weighted by Gasteiger charge is 2.34. The number of fused-ring (bicyclic) bond motifs is 1. The van der Waals surface area contributed by atoms with Crippen LogP contribution < -0.4 is 10.0 Å². The second-order valence-electron chi connectivity index (χ2n) is 4.76. The van der Waals surface area contributed by atoms with Crippen molar-refractivity contribution in [2.45, 2.75) is 11.3 Å². The lowest BCUT2D eigenvalue weighted by molar-refractivity contribution is 0.564. The van der Waals surface area contributed by atoms with E-state index in [1.165, 1.54) is 16.4 Å². The predicted molar refractivity (Wildman–Crippen MR) is 83.2 cm³/mol. The first-order chi connectivity index (χ1) is 9.91. The van der Waals surface area contributed by atoms with Gasteiger partial charge in [0.25, 0.3) is 10.0 Å². The fourth-order valence-corrected chi connectivity index (χ4v) is 4.40. The molecule has 0 atom stereocenters. The normalized spacial score (nSPS) is 14.3. The zero-order chi connectivity index (χ0) is 15.2. The Morgan fingerprint density at radius 2 is 2.00 bits per heavy atom. The van der Waals surface area contributed by atoms with Crippen molar-refractivity contribution in [2.75, 3.05) is 16.6 Å². The molecule has 2 N–H and O–H groups in total. The number of halogens is 2. The van der Waals surface area contributed by atoms with Crippen molar-refractivity contribution in [3.8, 4) is 0 Å². The van der Waals surface area contributed by atoms with Crippen LogP contribution >= 0.6 is 15.9 Å². The van der Waals surface area contributed by atoms with Gasteiger partial charge in [0.15, 0.2) is 0 Å². The standard InChI is InChI=1S/C14H12BrFN2O2S/c15-10-4-5-13(11(16)8-10)21(19,20)18-7-6-9-2-1-3-12(17)14(9)18/h1-5,8H,6-7,17H2. The Balaban J connectivity index is 2.14. The number of anilines is 2. The summed E-state index contributed by atoms with van der Waals surface area (Å²) in [5, 5.41) is 0. The van der Waals surface area contributed by atoms with E-state index in [0.717, 1.165) is 11.6 Å². The minimum absolute atomic E-state index is 0.265. The van der Waals surface area contributed by atoms with Gasteiger partial charge < -0.3 is 5.73 Å². The Labute approximate surface area is 130 Å². The topological polar surface area (TPSA) is 63.4 Å². The molecule has 4 nitrogen and oxygen atoms in total. The molecule has 1 aliphatic rings. The zero-order valence-electron chi connectivity index (χ0n) is 10.9. The highest BCUT2D eigenvalue weighted by atomic mass is 79.9. The van der Waals surface area contributed by atoms with Crippen molar-refractivity contribution < 1.29 is 12.8 Å². The molecule has 0 fully saturated rings. The first kappa shape index (κ1) is 14.3. The maximum atomic E-state index is 14.0. The maximum absolute atomic E-state index is 14.0. The second-order valence-corrected chi connectivity index (χ2v) is 7.50. The van der Waals surface area contributed by atoms with Crippen LogP contribution in [-0.2, 0) is 16.4 Å². The van der Waals surface area contributed by atoms with E-state index in [0.29, 0.717) is 22.3 Å². The van der Waals surface area contributed by atoms with Crippen LogP contribution in [0.15, 0.2) is 45.8 Å². The largest absolute Gasteiger partial charge is 0.397 e. The van der Waals surface area contributed by atoms with Crippen LogP contribution in [0.2, 0.25) is 0 Å². The smallest absolute Gasteiger partial charge is 0.267 e. The second kappa shape index (κ2) is 4.99. The van der Waals surface area contributed by atoms with Gasteiger partial charge in [-0.15, -0.1) is 0 Å². The molecular formula is C14H12BrFN2O2S. The number of nitrogens with two attached hydrogens (primary N) is 1. The van der Waals surface area contributed by atoms with E-state index < -0.39 is 15.8 Å². The third-order valence-electron chi connectivity index (χ3n) is 3.45. The summed E-state index contributed by atoms with van der Waals surface area (Å²) < 4.78 is 41.1. The number of benzene rings is 2. The molecule has 0 aromatic heterocycles. The van der Waals surface area contributed by atoms with Crippen molar-refractivity contribution in [2.24, 2.45) is 0 Å². The molecule has 21 heavy (non-hydrogen) atoms. The van der Waals surface area contributed by atoms with Crippen molar-refractivity contribution >= 4 is 37.3 Å². The molecule has 0 amide bonds. The van der Waals surface area contributed by atoms with Gasteiger partial charge in [-0.3, -0.25) is 4.31 Å². The third-order valence-corrected chi connectivity index (χ3v) is 5.77. The summed E-state index contributed by atoms with van der Waals surface area (Å²) in [5.41, 5.74) is 7.59. The number of nitrogens with zero attached hydrogens (tertiary/aromatic N) is 1. The molecule has 7 heteroatoms. The van der Waals surface area contributed by atoms with Crippen molar-refractivity contribution in [1.82, 2.24) is 0 Å². The molecule has 0 radical (unpaired) electrons. The molecule has 1 aliphatic heterocycles. The van der Waals surface area contributed by atoms with Gasteiger partial charge in [0, 0.05) is 11.0 Å². The summed E-state index contributed by atoms with van der Waals surface area (Å²) in [7, 11) is -3.96. The van der Waals surface area contributed by atoms with Crippen LogP contribution in [0.3, 0.4) is 0 Å². The zero-order valence-corrected chi connectivity index (χ0v) is 13.3. The average Bonchev–Trinajstić information content (AvgIpc) is 2.84. The van der Waals surface area contributed by atoms with Gasteiger partial charge >= 0.3 is 0 Å². The summed E-state index contributed by atoms with van der Waals surface area (Å²) in [6.45, 7) is 0.265. The number of nitrogen functional groups attached to an aromatic ring is 1. The van der Waals surface area contributed by atoms with Crippen LogP contribution in [0, 0.1) is 5.82 Å². The Morgan fingerprint density at radius 1 is 1.24 bits per heavy atom. The van der Waals surface area contributed by atoms with Gasteiger partial charge in [-0.2, -0.15) is 0 Å². The summed E-state index contributed by atoms with van der Waals surface area (Å²) in [4.78, 5) is -0.346. The minimum Gasteiger partial charge on any atom is -0.397 e. The monoisotopic (exact) mass is 370 g/mol. The van der Waals surface area contributed by atoms with E-state index >= 15 is 0 Å². The molecule has 0 bridgehead atoms. The Kier molecular flexibility index (Phi) is 3.41. The molecule has 3 rings (SSSR count). The quantitative estimate of drug-likeness (QED) is 0.826. The lowest BCUT2D eigenvalue weighted by atomic mass is 10.1. The van der Waals surface area contributed by atoms with E-state index in [1.54, 1.807) is 12.1 Å². The number of rotatable bonds is 2. The average molecular weight is 371 g/mol. The third kappa shape index (κ3) is 2.30. The van der Waals surface area contributed by atoms with Gasteiger partial charge in [0.2, 0.25) is 0 Å². The first-order valence-corrected chi connectivity index (χ1v) is 8.50. The van der Waals surface area contributed by atoms with E-state index in [-0.39, 0.29) is 11.4 Å². The van der Waals surface area contributed by atoms with E-state index in [4.69, 9.17) is 5.73 Å². The van der Waals surface area contributed by atoms with Gasteiger partial charge in [0.1, 0.15) is 10.7 Å². The molecule has 0 spiro atoms. The van der Waals surface area contributed by atoms with Crippen LogP contribution in [0.1, 0.15) is 5.56 Å². The Bertz CT molecular complexity index is 824. The highest BCUT2D eigenvalue weighted by Crippen LogP contribution is 2.38. The van der Waals surface area contributed by atoms with Crippen LogP contribution in [0.4, 0.5) is 15.8 Å². The van der Waals surface area contributed by atoms with E-state index in [2.05, 4.69) is 15.9 Å². The van der Waals surface area contributed by atoms with E-state index in [9.17, 15) is 12.8 Å². The number of hydrogen-bond donors (Lipinski definition) is 1. The number of sulfonamides is 1. The SMILES string of the molecule is Nc1cccc2c1N(S(=O)(=O)c1ccc(Br)cc1F)CC2. The van der Waals surface area contributed by atoms with Crippen molar-refractivity contribution in [3.05, 3.63) is 52.3 Å². The summed E-state index contributed by atoms with van der Waals surface area (Å²) in [6, 6.07) is 9.15. The highest BCUT2D eigenvalue weighted by molar-refractivity contribution is 9.10. The fourth-order valence-electron chi connectivity index (χ4n) is 2.49. The number of hydrogen-bond acceptors (Lipinski definition) is 3. The molecular weight excluding hydrogens is 359 g/mol. The summed E-state index contributed by atoms with van der Waals surface area (Å²) in [5.74, 6) is -0.785. The van der Waals surface area contributed by atoms with Crippen LogP contribution in [-0.4, -0.2) is 15.0 Å². The van der Waals surface area contributed by atoms with Crippen LogP contribution in [0.5, 0.6) is 0 Å². The minimum atomic E-state index is -3.96. The lowest BCUT2D eigenvalue weighted by Gasteiger charge is -2.21. The Hall–Kier alpha value is -1.60.